The molecule has 2 fully saturated rings. The molecular weight excluding hydrogens is 470 g/mol. The fourth-order valence-electron chi connectivity index (χ4n) is 4.68. The van der Waals surface area contributed by atoms with E-state index in [0.29, 0.717) is 24.0 Å². The van der Waals surface area contributed by atoms with Gasteiger partial charge < -0.3 is 14.5 Å². The van der Waals surface area contributed by atoms with Crippen molar-refractivity contribution in [1.82, 2.24) is 20.3 Å². The third-order valence-electron chi connectivity index (χ3n) is 6.94. The van der Waals surface area contributed by atoms with Gasteiger partial charge >= 0.3 is 0 Å². The molecule has 2 atom stereocenters. The van der Waals surface area contributed by atoms with E-state index in [-0.39, 0.29) is 17.9 Å². The molecule has 0 radical (unpaired) electrons. The number of hydroxylamine groups is 1. The minimum atomic E-state index is -0.402. The molecule has 198 valence electrons. The van der Waals surface area contributed by atoms with Crippen LogP contribution < -0.4 is 10.4 Å². The Morgan fingerprint density at radius 3 is 2.54 bits per heavy atom. The van der Waals surface area contributed by atoms with E-state index in [2.05, 4.69) is 51.6 Å². The summed E-state index contributed by atoms with van der Waals surface area (Å²) >= 11 is 0. The van der Waals surface area contributed by atoms with Crippen molar-refractivity contribution in [1.29, 1.82) is 0 Å². The quantitative estimate of drug-likeness (QED) is 0.515. The van der Waals surface area contributed by atoms with Gasteiger partial charge in [-0.3, -0.25) is 9.59 Å². The number of carbonyl (C=O) groups excluding carboxylic acids is 2. The molecule has 37 heavy (non-hydrogen) atoms. The SMILES string of the molecule is CC(=O)N(CC1CCN(c2ncc(C(=O)NOC3CCCCO3)cn2)CC1)C(C)/C=C/c1ccccc1. The number of nitrogens with zero attached hydrogens (tertiary/aromatic N) is 4. The predicted octanol–water partition coefficient (Wildman–Crippen LogP) is 3.83. The van der Waals surface area contributed by atoms with Crippen LogP contribution in [0.4, 0.5) is 5.95 Å². The monoisotopic (exact) mass is 507 g/mol. The summed E-state index contributed by atoms with van der Waals surface area (Å²) in [7, 11) is 0. The number of benzene rings is 1. The Balaban J connectivity index is 1.24. The lowest BCUT2D eigenvalue weighted by molar-refractivity contribution is -0.186. The first-order chi connectivity index (χ1) is 18.0. The van der Waals surface area contributed by atoms with Crippen molar-refractivity contribution in [3.05, 3.63) is 59.9 Å². The van der Waals surface area contributed by atoms with Gasteiger partial charge in [0.05, 0.1) is 5.56 Å². The molecule has 4 rings (SSSR count). The molecule has 2 aliphatic heterocycles. The number of carbonyl (C=O) groups is 2. The molecule has 2 amide bonds. The first kappa shape index (κ1) is 26.8. The highest BCUT2D eigenvalue weighted by atomic mass is 16.8. The molecule has 9 heteroatoms. The van der Waals surface area contributed by atoms with Crippen LogP contribution in [0.3, 0.4) is 0 Å². The highest BCUT2D eigenvalue weighted by molar-refractivity contribution is 5.92. The van der Waals surface area contributed by atoms with E-state index in [9.17, 15) is 9.59 Å². The van der Waals surface area contributed by atoms with Crippen LogP contribution >= 0.6 is 0 Å². The van der Waals surface area contributed by atoms with Crippen LogP contribution in [0.15, 0.2) is 48.8 Å². The molecule has 0 bridgehead atoms. The number of piperidine rings is 1. The number of aromatic nitrogens is 2. The molecule has 0 aliphatic carbocycles. The predicted molar refractivity (Wildman–Crippen MR) is 141 cm³/mol. The third kappa shape index (κ3) is 7.84. The summed E-state index contributed by atoms with van der Waals surface area (Å²) in [5.74, 6) is 0.717. The van der Waals surface area contributed by atoms with Gasteiger partial charge in [-0.05, 0) is 44.1 Å². The number of amides is 2. The molecule has 2 saturated heterocycles. The Morgan fingerprint density at radius 2 is 1.89 bits per heavy atom. The van der Waals surface area contributed by atoms with Gasteiger partial charge in [0.1, 0.15) is 0 Å². The Kier molecular flexibility index (Phi) is 9.62. The minimum absolute atomic E-state index is 0.0198. The van der Waals surface area contributed by atoms with Crippen molar-refractivity contribution in [2.24, 2.45) is 5.92 Å². The van der Waals surface area contributed by atoms with Crippen LogP contribution in [-0.4, -0.2) is 65.3 Å². The molecule has 2 unspecified atom stereocenters. The summed E-state index contributed by atoms with van der Waals surface area (Å²) in [6.45, 7) is 6.69. The first-order valence-electron chi connectivity index (χ1n) is 13.1. The molecule has 9 nitrogen and oxygen atoms in total. The smallest absolute Gasteiger partial charge is 0.278 e. The molecule has 3 heterocycles. The van der Waals surface area contributed by atoms with E-state index in [0.717, 1.165) is 57.3 Å². The van der Waals surface area contributed by atoms with Crippen LogP contribution in [0.5, 0.6) is 0 Å². The van der Waals surface area contributed by atoms with E-state index in [4.69, 9.17) is 9.57 Å². The maximum atomic E-state index is 12.4. The van der Waals surface area contributed by atoms with Crippen molar-refractivity contribution in [3.63, 3.8) is 0 Å². The van der Waals surface area contributed by atoms with Gasteiger partial charge in [0, 0.05) is 58.0 Å². The lowest BCUT2D eigenvalue weighted by Crippen LogP contribution is -2.43. The first-order valence-corrected chi connectivity index (χ1v) is 13.1. The number of hydrogen-bond acceptors (Lipinski definition) is 7. The van der Waals surface area contributed by atoms with Crippen molar-refractivity contribution < 1.29 is 19.2 Å². The molecule has 2 aliphatic rings. The largest absolute Gasteiger partial charge is 0.350 e. The van der Waals surface area contributed by atoms with Gasteiger partial charge in [-0.15, -0.1) is 0 Å². The molecule has 1 aromatic carbocycles. The maximum absolute atomic E-state index is 12.4. The zero-order valence-electron chi connectivity index (χ0n) is 21.7. The maximum Gasteiger partial charge on any atom is 0.278 e. The summed E-state index contributed by atoms with van der Waals surface area (Å²) < 4.78 is 5.45. The molecule has 1 N–H and O–H groups in total. The number of nitrogens with one attached hydrogen (secondary N) is 1. The number of ether oxygens (including phenoxy) is 1. The van der Waals surface area contributed by atoms with Crippen LogP contribution in [0.1, 0.15) is 61.9 Å². The molecule has 0 saturated carbocycles. The van der Waals surface area contributed by atoms with E-state index in [1.807, 2.05) is 23.1 Å². The van der Waals surface area contributed by atoms with E-state index in [1.165, 1.54) is 12.4 Å². The lowest BCUT2D eigenvalue weighted by atomic mass is 9.95. The van der Waals surface area contributed by atoms with Gasteiger partial charge in [0.25, 0.3) is 5.91 Å². The van der Waals surface area contributed by atoms with Gasteiger partial charge in [0.15, 0.2) is 6.29 Å². The number of hydrogen-bond donors (Lipinski definition) is 1. The topological polar surface area (TPSA) is 96.9 Å². The van der Waals surface area contributed by atoms with Gasteiger partial charge in [0.2, 0.25) is 11.9 Å². The van der Waals surface area contributed by atoms with E-state index < -0.39 is 6.29 Å². The highest BCUT2D eigenvalue weighted by Crippen LogP contribution is 2.23. The van der Waals surface area contributed by atoms with Gasteiger partial charge in [-0.2, -0.15) is 0 Å². The minimum Gasteiger partial charge on any atom is -0.350 e. The number of anilines is 1. The van der Waals surface area contributed by atoms with Gasteiger partial charge in [-0.25, -0.2) is 20.3 Å². The summed E-state index contributed by atoms with van der Waals surface area (Å²) in [5.41, 5.74) is 3.90. The summed E-state index contributed by atoms with van der Waals surface area (Å²) in [5, 5.41) is 0. The molecule has 2 aromatic rings. The fraction of sp³-hybridized carbons (Fsp3) is 0.500. The van der Waals surface area contributed by atoms with E-state index in [1.54, 1.807) is 6.92 Å². The molecular formula is C28H37N5O4. The van der Waals surface area contributed by atoms with Gasteiger partial charge in [-0.1, -0.05) is 42.5 Å². The van der Waals surface area contributed by atoms with Crippen molar-refractivity contribution in [2.75, 3.05) is 31.1 Å². The zero-order chi connectivity index (χ0) is 26.0. The zero-order valence-corrected chi connectivity index (χ0v) is 21.7. The standard InChI is InChI=1S/C28H37N5O4/c1-21(11-12-23-8-4-3-5-9-23)33(22(2)34)20-24-13-15-32(16-14-24)28-29-18-25(19-30-28)27(35)31-37-26-10-6-7-17-36-26/h3-5,8-9,11-12,18-19,21,24,26H,6-7,10,13-17,20H2,1-2H3,(H,31,35)/b12-11+. The van der Waals surface area contributed by atoms with Crippen molar-refractivity contribution in [2.45, 2.75) is 58.3 Å². The fourth-order valence-corrected chi connectivity index (χ4v) is 4.68. The highest BCUT2D eigenvalue weighted by Gasteiger charge is 2.25. The third-order valence-corrected chi connectivity index (χ3v) is 6.94. The lowest BCUT2D eigenvalue weighted by Gasteiger charge is -2.36. The average Bonchev–Trinajstić information content (AvgIpc) is 2.94. The van der Waals surface area contributed by atoms with Crippen LogP contribution in [-0.2, 0) is 14.4 Å². The molecule has 0 spiro atoms. The van der Waals surface area contributed by atoms with Crippen LogP contribution in [0.25, 0.3) is 6.08 Å². The second kappa shape index (κ2) is 13.3. The van der Waals surface area contributed by atoms with Crippen LogP contribution in [0, 0.1) is 5.92 Å². The average molecular weight is 508 g/mol. The Morgan fingerprint density at radius 1 is 1.16 bits per heavy atom. The van der Waals surface area contributed by atoms with Crippen LogP contribution in [0.2, 0.25) is 0 Å². The second-order valence-corrected chi connectivity index (χ2v) is 9.73. The van der Waals surface area contributed by atoms with Crippen molar-refractivity contribution >= 4 is 23.8 Å². The summed E-state index contributed by atoms with van der Waals surface area (Å²) in [6, 6.07) is 10.1. The second-order valence-electron chi connectivity index (χ2n) is 9.73. The normalized spacial score (nSPS) is 19.5. The molecule has 1 aromatic heterocycles. The van der Waals surface area contributed by atoms with E-state index >= 15 is 0 Å². The number of rotatable bonds is 9. The summed E-state index contributed by atoms with van der Waals surface area (Å²) in [4.78, 5) is 43.0. The van der Waals surface area contributed by atoms with Crippen molar-refractivity contribution in [3.8, 4) is 0 Å². The Hall–Kier alpha value is -3.30. The Bertz CT molecular complexity index is 1030. The summed E-state index contributed by atoms with van der Waals surface area (Å²) in [6.07, 6.45) is 11.5. The Labute approximate surface area is 218 Å².